The SMILES string of the molecule is CC(=O)N[C@H]1C(O)O[C@H](CO)[C@@H](O[C@@H]2O[C@H](CO[C@H]3O[C@H](CO[C@H]4O[C@H](CO)[C@@H](O)[C@H](O)[C@@H]4O)[C@@H](O)[C@H](O[C@H]4O[C@H](CO)[C@@H](O)[C@H](O)[C@@H]4O)[C@@H]3O)[C@@H](O)[C@H](O[C@H]3O[C@H](CO[C@H]4O[C@H](CO)[C@@H](O)[C@H](O)[C@@H]4O[C@H]4O[C@H](CO)[C@@H](O)[C@H](O[C@H]5O[C@H](CO)[C@@H](O)[C@H](O)[C@@H]5O)[C@@H]4O)[C@@H](O)[C@H](O)[C@@H]3O[C@H]3O[C@H](CO)[C@@H](O)[C@H](O)[C@@H]3O[C@H]3O[C@H](CO)[C@@H](O)[C@H](O[C@H]4O[C@H](CO)[C@@H](O)[C@H](O)[C@@H]4O)[C@@H]3O)[C@@H]2O)[C@@H]1O. The van der Waals surface area contributed by atoms with Crippen molar-refractivity contribution < 1.29 is 303 Å². The number of carbonyl (C=O) groups is 1. The smallest absolute Gasteiger partial charge is 0.217 e. The molecule has 792 valence electrons. The van der Waals surface area contributed by atoms with Gasteiger partial charge in [-0.2, -0.15) is 0 Å². The van der Waals surface area contributed by atoms with Gasteiger partial charge in [-0.3, -0.25) is 4.79 Å². The number of nitrogens with one attached hydrogen (secondary N) is 1. The molecular weight excluding hydrogens is 1880 g/mol. The van der Waals surface area contributed by atoms with Gasteiger partial charge in [0.05, 0.1) is 79.3 Å². The minimum Gasteiger partial charge on any atom is -0.394 e. The molecule has 38 N–H and O–H groups in total. The minimum absolute atomic E-state index is 0.924. The summed E-state index contributed by atoms with van der Waals surface area (Å²) < 4.78 is 134. The van der Waals surface area contributed by atoms with Crippen molar-refractivity contribution in [2.75, 3.05) is 79.3 Å². The van der Waals surface area contributed by atoms with Crippen molar-refractivity contribution in [1.82, 2.24) is 5.32 Å². The average Bonchev–Trinajstić information content (AvgIpc) is 0.752. The van der Waals surface area contributed by atoms with Gasteiger partial charge in [-0.15, -0.1) is 0 Å². The maximum Gasteiger partial charge on any atom is 0.217 e. The summed E-state index contributed by atoms with van der Waals surface area (Å²) in [6.45, 7) is -13.1. The first-order valence-electron chi connectivity index (χ1n) is 43.2. The molecule has 12 rings (SSSR count). The third-order valence-electron chi connectivity index (χ3n) is 25.5. The lowest BCUT2D eigenvalue weighted by molar-refractivity contribution is -0.413. The molecular formula is C74H125NO61. The van der Waals surface area contributed by atoms with Crippen LogP contribution in [-0.4, -0.2) is 643 Å². The van der Waals surface area contributed by atoms with Crippen LogP contribution in [0.2, 0.25) is 0 Å². The topological polar surface area (TPSA) is 990 Å². The number of hydrogen-bond donors (Lipinski definition) is 38. The second-order valence-electron chi connectivity index (χ2n) is 34.5. The Kier molecular flexibility index (Phi) is 40.0. The summed E-state index contributed by atoms with van der Waals surface area (Å²) in [6.07, 6.45) is -133. The van der Waals surface area contributed by atoms with Gasteiger partial charge < -0.3 is 303 Å². The molecule has 0 spiro atoms. The third-order valence-corrected chi connectivity index (χ3v) is 25.5. The molecule has 12 aliphatic heterocycles. The van der Waals surface area contributed by atoms with Crippen LogP contribution in [0.3, 0.4) is 0 Å². The van der Waals surface area contributed by atoms with Crippen molar-refractivity contribution in [3.63, 3.8) is 0 Å². The molecule has 62 heteroatoms. The Morgan fingerprint density at radius 3 is 0.728 bits per heavy atom. The summed E-state index contributed by atoms with van der Waals surface area (Å²) in [4.78, 5) is 12.6. The van der Waals surface area contributed by atoms with E-state index in [2.05, 4.69) is 5.32 Å². The Hall–Kier alpha value is -2.93. The van der Waals surface area contributed by atoms with Crippen molar-refractivity contribution in [1.29, 1.82) is 0 Å². The Morgan fingerprint density at radius 2 is 0.390 bits per heavy atom. The standard InChI is InChI=1S/C74H125NO61/c1-14(85)75-27-39(97)55(23(10-84)117-63(27)113)129-71-54(112)59(38(96)26(127-71)13-115-65-51(109)58(132-68-50(108)43(101)31(89)18(5-79)121-68)37(95)25(126-65)12-114-64-47(105)40(98)28(86)15(2-76)118-64)133-74-62(136-73-61(45(103)33(91)20(7-81)125-73)135-70-53(111)57(36(94)22(9-83)123-70)131-67-49(107)42(100)30(88)17(4-78)120-67)46(104)34(92)24(128-74)11-116-72-60(44(102)32(90)19(6-80)124-72)134-69-52(110)56(35(93)21(8-82)122-69)130-66-48(106)41(99)29(87)16(3-77)119-66/h15-74,76-84,86-113H,2-13H2,1H3,(H,75,85)/t15-,16-,17-,18-,19-,20-,21-,22-,23-,24-,25-,26-,27-,28-,29-,30-,31-,32-,33-,34-,35-,36-,37-,38-,39-,40+,41+,42+,43+,44+,45+,46+,47+,48+,49+,50+,51+,52+,53+,54+,55-,56+,57+,58+,59+,60+,61+,62+,63?,64+,65+,66-,67-,68-,69-,70-,71+,72+,73-,74-/m1/s1. The Morgan fingerprint density at radius 1 is 0.191 bits per heavy atom. The van der Waals surface area contributed by atoms with Crippen molar-refractivity contribution in [3.05, 3.63) is 0 Å². The Labute approximate surface area is 766 Å². The van der Waals surface area contributed by atoms with E-state index in [1.807, 2.05) is 0 Å². The van der Waals surface area contributed by atoms with Gasteiger partial charge in [-0.05, 0) is 0 Å². The molecule has 0 aliphatic carbocycles. The maximum atomic E-state index is 12.9. The van der Waals surface area contributed by atoms with E-state index in [0.717, 1.165) is 6.92 Å². The molecule has 62 nitrogen and oxygen atoms in total. The van der Waals surface area contributed by atoms with Crippen LogP contribution in [0.1, 0.15) is 6.92 Å². The molecule has 12 aliphatic rings. The van der Waals surface area contributed by atoms with Crippen molar-refractivity contribution >= 4 is 5.91 Å². The van der Waals surface area contributed by atoms with Crippen molar-refractivity contribution in [2.45, 2.75) is 375 Å². The van der Waals surface area contributed by atoms with E-state index in [9.17, 15) is 194 Å². The molecule has 0 aromatic carbocycles. The van der Waals surface area contributed by atoms with Crippen LogP contribution in [-0.2, 0) is 114 Å². The molecule has 0 radical (unpaired) electrons. The first-order valence-corrected chi connectivity index (χ1v) is 43.2. The molecule has 1 amide bonds. The minimum atomic E-state index is -2.79. The molecule has 60 atom stereocenters. The molecule has 136 heavy (non-hydrogen) atoms. The van der Waals surface area contributed by atoms with E-state index >= 15 is 0 Å². The first-order chi connectivity index (χ1) is 64.5. The zero-order valence-electron chi connectivity index (χ0n) is 71.5. The van der Waals surface area contributed by atoms with Gasteiger partial charge in [-0.25, -0.2) is 0 Å². The van der Waals surface area contributed by atoms with Crippen molar-refractivity contribution in [2.24, 2.45) is 0 Å². The quantitative estimate of drug-likeness (QED) is 0.0280. The molecule has 1 unspecified atom stereocenters. The van der Waals surface area contributed by atoms with Gasteiger partial charge in [0.1, 0.15) is 293 Å². The summed E-state index contributed by atoms with van der Waals surface area (Å²) in [7, 11) is 0. The Bertz CT molecular complexity index is 3590. The lowest BCUT2D eigenvalue weighted by atomic mass is 9.94. The fourth-order valence-corrected chi connectivity index (χ4v) is 17.4. The van der Waals surface area contributed by atoms with Gasteiger partial charge in [0.25, 0.3) is 0 Å². The highest BCUT2D eigenvalue weighted by Gasteiger charge is 2.63. The number of aliphatic hydroxyl groups is 37. The number of amides is 1. The highest BCUT2D eigenvalue weighted by molar-refractivity contribution is 5.73. The van der Waals surface area contributed by atoms with Crippen LogP contribution in [0, 0.1) is 0 Å². The fourth-order valence-electron chi connectivity index (χ4n) is 17.4. The lowest BCUT2D eigenvalue weighted by Gasteiger charge is -2.51. The zero-order valence-corrected chi connectivity index (χ0v) is 71.5. The van der Waals surface area contributed by atoms with Crippen LogP contribution in [0.15, 0.2) is 0 Å². The van der Waals surface area contributed by atoms with Crippen molar-refractivity contribution in [3.8, 4) is 0 Å². The van der Waals surface area contributed by atoms with Gasteiger partial charge in [0, 0.05) is 6.92 Å². The van der Waals surface area contributed by atoms with E-state index in [1.165, 1.54) is 0 Å². The largest absolute Gasteiger partial charge is 0.394 e. The van der Waals surface area contributed by atoms with Crippen LogP contribution in [0.25, 0.3) is 0 Å². The van der Waals surface area contributed by atoms with Gasteiger partial charge in [0.15, 0.2) is 75.5 Å². The Balaban J connectivity index is 0.905. The maximum absolute atomic E-state index is 12.9. The number of aliphatic hydroxyl groups excluding tert-OH is 37. The zero-order chi connectivity index (χ0) is 99.7. The summed E-state index contributed by atoms with van der Waals surface area (Å²) in [5, 5.41) is 415. The molecule has 0 saturated carbocycles. The normalized spacial score (nSPS) is 52.8. The van der Waals surface area contributed by atoms with E-state index in [0.29, 0.717) is 0 Å². The molecule has 0 bridgehead atoms. The number of hydrogen-bond acceptors (Lipinski definition) is 61. The highest BCUT2D eigenvalue weighted by atomic mass is 16.8. The monoisotopic (exact) mass is 2000 g/mol. The number of ether oxygens (including phenoxy) is 23. The van der Waals surface area contributed by atoms with E-state index in [1.54, 1.807) is 0 Å². The molecule has 0 aromatic heterocycles. The van der Waals surface area contributed by atoms with Crippen LogP contribution < -0.4 is 5.32 Å². The predicted octanol–water partition coefficient (Wildman–Crippen LogP) is -27.0. The van der Waals surface area contributed by atoms with Gasteiger partial charge >= 0.3 is 0 Å². The molecule has 12 fully saturated rings. The number of rotatable bonds is 35. The van der Waals surface area contributed by atoms with Crippen LogP contribution in [0.5, 0.6) is 0 Å². The molecule has 12 heterocycles. The molecule has 12 saturated heterocycles. The highest BCUT2D eigenvalue weighted by Crippen LogP contribution is 2.42. The molecule has 0 aromatic rings. The predicted molar refractivity (Wildman–Crippen MR) is 407 cm³/mol. The fraction of sp³-hybridized carbons (Fsp3) is 0.986. The van der Waals surface area contributed by atoms with Crippen LogP contribution >= 0.6 is 0 Å². The second kappa shape index (κ2) is 48.6. The van der Waals surface area contributed by atoms with E-state index < -0.39 is 454 Å². The van der Waals surface area contributed by atoms with Gasteiger partial charge in [0.2, 0.25) is 5.91 Å². The van der Waals surface area contributed by atoms with Crippen LogP contribution in [0.4, 0.5) is 0 Å². The van der Waals surface area contributed by atoms with E-state index in [-0.39, 0.29) is 0 Å². The third kappa shape index (κ3) is 23.7. The lowest BCUT2D eigenvalue weighted by Crippen LogP contribution is -2.69. The second-order valence-corrected chi connectivity index (χ2v) is 34.5. The first kappa shape index (κ1) is 112. The summed E-state index contributed by atoms with van der Waals surface area (Å²) in [5.74, 6) is -0.937. The summed E-state index contributed by atoms with van der Waals surface area (Å²) >= 11 is 0. The van der Waals surface area contributed by atoms with Gasteiger partial charge in [-0.1, -0.05) is 0 Å². The van der Waals surface area contributed by atoms with E-state index in [4.69, 9.17) is 109 Å². The summed E-state index contributed by atoms with van der Waals surface area (Å²) in [6, 6.07) is -1.90. The number of carbonyl (C=O) groups excluding carboxylic acids is 1. The average molecular weight is 2000 g/mol. The summed E-state index contributed by atoms with van der Waals surface area (Å²) in [5.41, 5.74) is 0.